The molecule has 3 nitrogen and oxygen atoms in total. The van der Waals surface area contributed by atoms with Crippen LogP contribution in [0.3, 0.4) is 0 Å². The minimum absolute atomic E-state index is 0.0848. The molecule has 3 unspecified atom stereocenters. The Labute approximate surface area is 207 Å². The third-order valence-corrected chi connectivity index (χ3v) is 7.01. The zero-order valence-electron chi connectivity index (χ0n) is 22.5. The number of aliphatic hydroxyl groups is 1. The predicted molar refractivity (Wildman–Crippen MR) is 145 cm³/mol. The molecular weight excluding hydrogens is 418 g/mol. The predicted octanol–water partition coefficient (Wildman–Crippen LogP) is 7.89. The molecule has 1 aliphatic rings. The third-order valence-electron chi connectivity index (χ3n) is 7.01. The molecule has 0 saturated heterocycles. The van der Waals surface area contributed by atoms with E-state index in [2.05, 4.69) is 122 Å². The number of ether oxygens (including phenoxy) is 1. The second kappa shape index (κ2) is 10.00. The Balaban J connectivity index is 1.94. The SMILES string of the molecule is Cc1cc(C)c(C)c(C2C=Cc3ccccc3N2/C=C/OC(CC(O)C(C)(C)C)C(C)(C)C)c1. The lowest BCUT2D eigenvalue weighted by atomic mass is 9.79. The van der Waals surface area contributed by atoms with Crippen molar-refractivity contribution in [3.05, 3.63) is 82.8 Å². The van der Waals surface area contributed by atoms with Crippen LogP contribution in [-0.4, -0.2) is 17.3 Å². The van der Waals surface area contributed by atoms with Gasteiger partial charge in [0.25, 0.3) is 0 Å². The summed E-state index contributed by atoms with van der Waals surface area (Å²) in [6, 6.07) is 13.1. The number of nitrogens with zero attached hydrogens (tertiary/aromatic N) is 1. The van der Waals surface area contributed by atoms with Gasteiger partial charge in [-0.15, -0.1) is 0 Å². The average Bonchev–Trinajstić information content (AvgIpc) is 2.74. The van der Waals surface area contributed by atoms with Gasteiger partial charge in [0, 0.05) is 18.3 Å². The Bertz CT molecular complexity index is 1050. The Morgan fingerprint density at radius 2 is 1.68 bits per heavy atom. The first-order chi connectivity index (χ1) is 15.8. The first-order valence-corrected chi connectivity index (χ1v) is 12.4. The lowest BCUT2D eigenvalue weighted by Gasteiger charge is -2.36. The van der Waals surface area contributed by atoms with Gasteiger partial charge >= 0.3 is 0 Å². The highest BCUT2D eigenvalue weighted by Gasteiger charge is 2.33. The summed E-state index contributed by atoms with van der Waals surface area (Å²) in [5, 5.41) is 10.7. The first kappa shape index (κ1) is 26.1. The lowest BCUT2D eigenvalue weighted by Crippen LogP contribution is -2.37. The van der Waals surface area contributed by atoms with Gasteiger partial charge in [-0.05, 0) is 59.9 Å². The molecule has 184 valence electrons. The van der Waals surface area contributed by atoms with Crippen molar-refractivity contribution in [2.24, 2.45) is 10.8 Å². The van der Waals surface area contributed by atoms with Gasteiger partial charge in [-0.2, -0.15) is 0 Å². The van der Waals surface area contributed by atoms with Crippen LogP contribution in [0.1, 0.15) is 81.8 Å². The van der Waals surface area contributed by atoms with Crippen molar-refractivity contribution in [1.29, 1.82) is 0 Å². The van der Waals surface area contributed by atoms with Crippen LogP contribution in [0.4, 0.5) is 5.69 Å². The van der Waals surface area contributed by atoms with Crippen molar-refractivity contribution in [2.45, 2.75) is 87.0 Å². The van der Waals surface area contributed by atoms with Crippen molar-refractivity contribution in [3.63, 3.8) is 0 Å². The van der Waals surface area contributed by atoms with Crippen LogP contribution in [-0.2, 0) is 4.74 Å². The van der Waals surface area contributed by atoms with Gasteiger partial charge in [0.15, 0.2) is 0 Å². The van der Waals surface area contributed by atoms with E-state index < -0.39 is 6.10 Å². The zero-order valence-corrected chi connectivity index (χ0v) is 22.5. The minimum Gasteiger partial charge on any atom is -0.496 e. The maximum Gasteiger partial charge on any atom is 0.105 e. The fourth-order valence-corrected chi connectivity index (χ4v) is 4.47. The fraction of sp³-hybridized carbons (Fsp3) is 0.484. The molecule has 0 radical (unpaired) electrons. The lowest BCUT2D eigenvalue weighted by molar-refractivity contribution is -0.0310. The highest BCUT2D eigenvalue weighted by Crippen LogP contribution is 2.39. The van der Waals surface area contributed by atoms with Crippen LogP contribution < -0.4 is 4.90 Å². The number of hydrogen-bond donors (Lipinski definition) is 1. The molecule has 2 aromatic rings. The monoisotopic (exact) mass is 461 g/mol. The molecule has 0 amide bonds. The summed E-state index contributed by atoms with van der Waals surface area (Å²) in [7, 11) is 0. The normalized spacial score (nSPS) is 18.2. The molecule has 1 aliphatic heterocycles. The number of fused-ring (bicyclic) bond motifs is 1. The molecule has 0 aromatic heterocycles. The molecule has 2 aromatic carbocycles. The Hall–Kier alpha value is -2.52. The Morgan fingerprint density at radius 1 is 1.00 bits per heavy atom. The van der Waals surface area contributed by atoms with E-state index in [1.807, 2.05) is 6.26 Å². The molecule has 1 heterocycles. The van der Waals surface area contributed by atoms with E-state index in [4.69, 9.17) is 4.74 Å². The molecule has 3 heteroatoms. The minimum atomic E-state index is -0.436. The number of anilines is 1. The number of para-hydroxylation sites is 1. The first-order valence-electron chi connectivity index (χ1n) is 12.4. The van der Waals surface area contributed by atoms with Crippen LogP contribution in [0.25, 0.3) is 6.08 Å². The zero-order chi connectivity index (χ0) is 25.3. The maximum atomic E-state index is 10.7. The topological polar surface area (TPSA) is 32.7 Å². The molecule has 0 saturated carbocycles. The summed E-state index contributed by atoms with van der Waals surface area (Å²) in [6.07, 6.45) is 8.44. The number of hydrogen-bond acceptors (Lipinski definition) is 3. The van der Waals surface area contributed by atoms with Gasteiger partial charge in [-0.1, -0.05) is 89.6 Å². The molecule has 0 bridgehead atoms. The number of aliphatic hydroxyl groups excluding tert-OH is 1. The van der Waals surface area contributed by atoms with E-state index in [0.29, 0.717) is 6.42 Å². The second-order valence-electron chi connectivity index (χ2n) is 12.0. The van der Waals surface area contributed by atoms with Crippen molar-refractivity contribution < 1.29 is 9.84 Å². The van der Waals surface area contributed by atoms with Gasteiger partial charge in [-0.3, -0.25) is 0 Å². The van der Waals surface area contributed by atoms with Crippen LogP contribution >= 0.6 is 0 Å². The summed E-state index contributed by atoms with van der Waals surface area (Å²) in [6.45, 7) is 19.3. The van der Waals surface area contributed by atoms with Crippen molar-refractivity contribution in [3.8, 4) is 0 Å². The van der Waals surface area contributed by atoms with Crippen molar-refractivity contribution in [2.75, 3.05) is 4.90 Å². The van der Waals surface area contributed by atoms with Gasteiger partial charge in [0.05, 0.1) is 18.4 Å². The molecule has 0 spiro atoms. The quantitative estimate of drug-likeness (QED) is 0.444. The highest BCUT2D eigenvalue weighted by molar-refractivity contribution is 5.74. The molecule has 3 rings (SSSR count). The average molecular weight is 462 g/mol. The summed E-state index contributed by atoms with van der Waals surface area (Å²) in [5.74, 6) is 0. The summed E-state index contributed by atoms with van der Waals surface area (Å²) in [4.78, 5) is 2.30. The van der Waals surface area contributed by atoms with E-state index in [1.165, 1.54) is 27.8 Å². The second-order valence-corrected chi connectivity index (χ2v) is 12.0. The van der Waals surface area contributed by atoms with Crippen LogP contribution in [0.5, 0.6) is 0 Å². The number of benzene rings is 2. The Kier molecular flexibility index (Phi) is 7.67. The van der Waals surface area contributed by atoms with E-state index in [9.17, 15) is 5.11 Å². The molecule has 1 N–H and O–H groups in total. The van der Waals surface area contributed by atoms with Crippen molar-refractivity contribution in [1.82, 2.24) is 0 Å². The fourth-order valence-electron chi connectivity index (χ4n) is 4.47. The summed E-state index contributed by atoms with van der Waals surface area (Å²) < 4.78 is 6.35. The Morgan fingerprint density at radius 3 is 2.32 bits per heavy atom. The molecular formula is C31H43NO2. The molecule has 34 heavy (non-hydrogen) atoms. The van der Waals surface area contributed by atoms with E-state index in [0.717, 1.165) is 5.69 Å². The summed E-state index contributed by atoms with van der Waals surface area (Å²) >= 11 is 0. The highest BCUT2D eigenvalue weighted by atomic mass is 16.5. The smallest absolute Gasteiger partial charge is 0.105 e. The third kappa shape index (κ3) is 5.93. The van der Waals surface area contributed by atoms with E-state index in [-0.39, 0.29) is 23.0 Å². The molecule has 0 fully saturated rings. The largest absolute Gasteiger partial charge is 0.496 e. The van der Waals surface area contributed by atoms with Crippen LogP contribution in [0.15, 0.2) is 54.9 Å². The van der Waals surface area contributed by atoms with Gasteiger partial charge in [0.1, 0.15) is 6.10 Å². The maximum absolute atomic E-state index is 10.7. The number of rotatable bonds is 6. The van der Waals surface area contributed by atoms with E-state index >= 15 is 0 Å². The van der Waals surface area contributed by atoms with Gasteiger partial charge in [0.2, 0.25) is 0 Å². The summed E-state index contributed by atoms with van der Waals surface area (Å²) in [5.41, 5.74) is 7.29. The van der Waals surface area contributed by atoms with Gasteiger partial charge in [-0.25, -0.2) is 0 Å². The number of aryl methyl sites for hydroxylation is 2. The van der Waals surface area contributed by atoms with Crippen molar-refractivity contribution >= 4 is 11.8 Å². The van der Waals surface area contributed by atoms with Gasteiger partial charge < -0.3 is 14.7 Å². The molecule has 0 aliphatic carbocycles. The molecule has 3 atom stereocenters. The van der Waals surface area contributed by atoms with Crippen LogP contribution in [0, 0.1) is 31.6 Å². The van der Waals surface area contributed by atoms with Crippen LogP contribution in [0.2, 0.25) is 0 Å². The van der Waals surface area contributed by atoms with E-state index in [1.54, 1.807) is 0 Å². The standard InChI is InChI=1S/C31H43NO2/c1-21-18-22(2)23(3)25(19-21)27-15-14-24-12-10-11-13-26(24)32(27)16-17-34-29(31(7,8)9)20-28(33)30(4,5)6/h10-19,27-29,33H,20H2,1-9H3/b17-16+.